The molecule has 0 aromatic rings. The first-order valence-corrected chi connectivity index (χ1v) is 8.62. The van der Waals surface area contributed by atoms with E-state index in [1.54, 1.807) is 0 Å². The van der Waals surface area contributed by atoms with Gasteiger partial charge in [-0.05, 0) is 32.2 Å². The Balaban J connectivity index is 0.00000192. The predicted octanol–water partition coefficient (Wildman–Crippen LogP) is 0.505. The first-order chi connectivity index (χ1) is 10.8. The van der Waals surface area contributed by atoms with E-state index in [1.165, 1.54) is 0 Å². The second-order valence-corrected chi connectivity index (χ2v) is 6.60. The van der Waals surface area contributed by atoms with E-state index in [-0.39, 0.29) is 36.1 Å². The standard InChI is InChI=1S/C16H27N3O3.ClH/c20-15(13-3-1-5-17-11-13)19-6-2-4-14(12-19)16(21)18-7-9-22-10-8-18;/h13-14,17H,1-12H2;1H. The zero-order chi connectivity index (χ0) is 15.4. The van der Waals surface area contributed by atoms with Gasteiger partial charge in [0.15, 0.2) is 0 Å². The highest BCUT2D eigenvalue weighted by Gasteiger charge is 2.34. The summed E-state index contributed by atoms with van der Waals surface area (Å²) in [5.74, 6) is 0.535. The predicted molar refractivity (Wildman–Crippen MR) is 89.5 cm³/mol. The number of hydrogen-bond donors (Lipinski definition) is 1. The lowest BCUT2D eigenvalue weighted by Gasteiger charge is -2.38. The van der Waals surface area contributed by atoms with Crippen molar-refractivity contribution in [2.75, 3.05) is 52.5 Å². The summed E-state index contributed by atoms with van der Waals surface area (Å²) >= 11 is 0. The molecular weight excluding hydrogens is 318 g/mol. The Labute approximate surface area is 144 Å². The third kappa shape index (κ3) is 4.58. The van der Waals surface area contributed by atoms with Crippen LogP contribution in [0.15, 0.2) is 0 Å². The minimum absolute atomic E-state index is 0. The van der Waals surface area contributed by atoms with E-state index in [1.807, 2.05) is 9.80 Å². The van der Waals surface area contributed by atoms with Gasteiger partial charge in [0.25, 0.3) is 0 Å². The molecule has 2 unspecified atom stereocenters. The zero-order valence-corrected chi connectivity index (χ0v) is 14.5. The number of piperidine rings is 2. The minimum atomic E-state index is -0.0210. The van der Waals surface area contributed by atoms with Crippen molar-refractivity contribution in [3.8, 4) is 0 Å². The lowest BCUT2D eigenvalue weighted by molar-refractivity contribution is -0.145. The van der Waals surface area contributed by atoms with Crippen LogP contribution in [0.2, 0.25) is 0 Å². The van der Waals surface area contributed by atoms with E-state index in [9.17, 15) is 9.59 Å². The highest BCUT2D eigenvalue weighted by molar-refractivity contribution is 5.85. The van der Waals surface area contributed by atoms with Crippen molar-refractivity contribution in [2.45, 2.75) is 25.7 Å². The molecule has 3 aliphatic heterocycles. The molecule has 132 valence electrons. The molecule has 0 bridgehead atoms. The summed E-state index contributed by atoms with van der Waals surface area (Å²) in [6.07, 6.45) is 3.89. The minimum Gasteiger partial charge on any atom is -0.378 e. The van der Waals surface area contributed by atoms with Crippen LogP contribution in [0, 0.1) is 11.8 Å². The Morgan fingerprint density at radius 2 is 1.61 bits per heavy atom. The molecule has 1 N–H and O–H groups in total. The van der Waals surface area contributed by atoms with Crippen LogP contribution in [-0.2, 0) is 14.3 Å². The molecule has 3 saturated heterocycles. The molecule has 0 aromatic carbocycles. The fourth-order valence-corrected chi connectivity index (χ4v) is 3.74. The summed E-state index contributed by atoms with van der Waals surface area (Å²) in [4.78, 5) is 29.1. The maximum atomic E-state index is 12.6. The topological polar surface area (TPSA) is 61.9 Å². The van der Waals surface area contributed by atoms with Crippen molar-refractivity contribution in [3.05, 3.63) is 0 Å². The summed E-state index contributed by atoms with van der Waals surface area (Å²) in [7, 11) is 0. The van der Waals surface area contributed by atoms with E-state index < -0.39 is 0 Å². The molecular formula is C16H28ClN3O3. The molecule has 0 aromatic heterocycles. The fourth-order valence-electron chi connectivity index (χ4n) is 3.74. The van der Waals surface area contributed by atoms with Gasteiger partial charge in [0.05, 0.1) is 25.0 Å². The molecule has 23 heavy (non-hydrogen) atoms. The normalized spacial score (nSPS) is 28.9. The van der Waals surface area contributed by atoms with Crippen molar-refractivity contribution in [1.82, 2.24) is 15.1 Å². The molecule has 0 spiro atoms. The fraction of sp³-hybridized carbons (Fsp3) is 0.875. The Morgan fingerprint density at radius 1 is 0.913 bits per heavy atom. The molecule has 3 heterocycles. The third-order valence-electron chi connectivity index (χ3n) is 5.05. The van der Waals surface area contributed by atoms with Crippen molar-refractivity contribution < 1.29 is 14.3 Å². The Morgan fingerprint density at radius 3 is 2.30 bits per heavy atom. The molecule has 2 amide bonds. The van der Waals surface area contributed by atoms with Gasteiger partial charge in [-0.1, -0.05) is 0 Å². The summed E-state index contributed by atoms with van der Waals surface area (Å²) in [6.45, 7) is 5.86. The van der Waals surface area contributed by atoms with Crippen LogP contribution in [0.4, 0.5) is 0 Å². The molecule has 0 radical (unpaired) electrons. The van der Waals surface area contributed by atoms with Gasteiger partial charge < -0.3 is 19.9 Å². The number of carbonyl (C=O) groups excluding carboxylic acids is 2. The quantitative estimate of drug-likeness (QED) is 0.792. The highest BCUT2D eigenvalue weighted by Crippen LogP contribution is 2.22. The molecule has 3 fully saturated rings. The van der Waals surface area contributed by atoms with Gasteiger partial charge in [-0.15, -0.1) is 12.4 Å². The number of ether oxygens (including phenoxy) is 1. The Bertz CT molecular complexity index is 373. The zero-order valence-electron chi connectivity index (χ0n) is 13.7. The first-order valence-electron chi connectivity index (χ1n) is 8.62. The average molecular weight is 346 g/mol. The molecule has 2 atom stereocenters. The number of morpholine rings is 1. The van der Waals surface area contributed by atoms with E-state index in [4.69, 9.17) is 4.74 Å². The van der Waals surface area contributed by atoms with Gasteiger partial charge in [0.1, 0.15) is 0 Å². The van der Waals surface area contributed by atoms with E-state index in [0.29, 0.717) is 32.8 Å². The van der Waals surface area contributed by atoms with Gasteiger partial charge in [0, 0.05) is 32.7 Å². The van der Waals surface area contributed by atoms with Crippen molar-refractivity contribution in [2.24, 2.45) is 11.8 Å². The monoisotopic (exact) mass is 345 g/mol. The summed E-state index contributed by atoms with van der Waals surface area (Å²) in [5.41, 5.74) is 0. The molecule has 3 rings (SSSR count). The second-order valence-electron chi connectivity index (χ2n) is 6.60. The maximum Gasteiger partial charge on any atom is 0.227 e. The van der Waals surface area contributed by atoms with Gasteiger partial charge in [-0.25, -0.2) is 0 Å². The molecule has 3 aliphatic rings. The number of nitrogens with one attached hydrogen (secondary N) is 1. The van der Waals surface area contributed by atoms with E-state index in [2.05, 4.69) is 5.32 Å². The molecule has 0 saturated carbocycles. The number of amides is 2. The number of likely N-dealkylation sites (tertiary alicyclic amines) is 1. The number of carbonyl (C=O) groups is 2. The lowest BCUT2D eigenvalue weighted by atomic mass is 9.93. The van der Waals surface area contributed by atoms with Gasteiger partial charge >= 0.3 is 0 Å². The Kier molecular flexibility index (Phi) is 7.11. The summed E-state index contributed by atoms with van der Waals surface area (Å²) in [6, 6.07) is 0. The van der Waals surface area contributed by atoms with Crippen LogP contribution in [0.25, 0.3) is 0 Å². The Hall–Kier alpha value is -0.850. The van der Waals surface area contributed by atoms with Crippen LogP contribution in [0.5, 0.6) is 0 Å². The largest absolute Gasteiger partial charge is 0.378 e. The number of rotatable bonds is 2. The first kappa shape index (κ1) is 18.5. The van der Waals surface area contributed by atoms with Crippen LogP contribution in [0.3, 0.4) is 0 Å². The lowest BCUT2D eigenvalue weighted by Crippen LogP contribution is -2.51. The third-order valence-corrected chi connectivity index (χ3v) is 5.05. The summed E-state index contributed by atoms with van der Waals surface area (Å²) < 4.78 is 5.31. The van der Waals surface area contributed by atoms with Crippen LogP contribution in [0.1, 0.15) is 25.7 Å². The maximum absolute atomic E-state index is 12.6. The number of nitrogens with zero attached hydrogens (tertiary/aromatic N) is 2. The van der Waals surface area contributed by atoms with E-state index in [0.717, 1.165) is 45.3 Å². The van der Waals surface area contributed by atoms with Crippen molar-refractivity contribution in [3.63, 3.8) is 0 Å². The number of hydrogen-bond acceptors (Lipinski definition) is 4. The van der Waals surface area contributed by atoms with Crippen LogP contribution >= 0.6 is 12.4 Å². The van der Waals surface area contributed by atoms with Gasteiger partial charge in [0.2, 0.25) is 11.8 Å². The average Bonchev–Trinajstić information content (AvgIpc) is 2.62. The molecule has 0 aliphatic carbocycles. The second kappa shape index (κ2) is 8.85. The van der Waals surface area contributed by atoms with Gasteiger partial charge in [-0.2, -0.15) is 0 Å². The number of halogens is 1. The van der Waals surface area contributed by atoms with Crippen molar-refractivity contribution in [1.29, 1.82) is 0 Å². The summed E-state index contributed by atoms with van der Waals surface area (Å²) in [5, 5.41) is 3.30. The van der Waals surface area contributed by atoms with Crippen molar-refractivity contribution >= 4 is 24.2 Å². The molecule has 7 heteroatoms. The SMILES string of the molecule is Cl.O=C(C1CCCN(C(=O)C2CCCNC2)C1)N1CCOCC1. The van der Waals surface area contributed by atoms with Crippen LogP contribution < -0.4 is 5.32 Å². The van der Waals surface area contributed by atoms with E-state index >= 15 is 0 Å². The molecule has 6 nitrogen and oxygen atoms in total. The van der Waals surface area contributed by atoms with Gasteiger partial charge in [-0.3, -0.25) is 9.59 Å². The highest BCUT2D eigenvalue weighted by atomic mass is 35.5. The smallest absolute Gasteiger partial charge is 0.227 e. The van der Waals surface area contributed by atoms with Crippen LogP contribution in [-0.4, -0.2) is 74.1 Å².